The van der Waals surface area contributed by atoms with Crippen molar-refractivity contribution in [3.63, 3.8) is 0 Å². The van der Waals surface area contributed by atoms with E-state index in [9.17, 15) is 0 Å². The van der Waals surface area contributed by atoms with E-state index in [4.69, 9.17) is 15.7 Å². The highest BCUT2D eigenvalue weighted by Crippen LogP contribution is 2.23. The molecule has 1 rings (SSSR count). The maximum atomic E-state index is 9.07. The Labute approximate surface area is 125 Å². The Kier molecular flexibility index (Phi) is 6.87. The van der Waals surface area contributed by atoms with Gasteiger partial charge in [0.15, 0.2) is 11.7 Å². The van der Waals surface area contributed by atoms with Crippen LogP contribution in [0.1, 0.15) is 37.1 Å². The topological polar surface area (TPSA) is 96.9 Å². The second kappa shape index (κ2) is 8.41. The zero-order chi connectivity index (χ0) is 15.8. The zero-order valence-corrected chi connectivity index (χ0v) is 13.3. The maximum absolute atomic E-state index is 9.07. The normalized spacial score (nSPS) is 11.7. The van der Waals surface area contributed by atoms with E-state index >= 15 is 0 Å². The summed E-state index contributed by atoms with van der Waals surface area (Å²) >= 11 is 0. The van der Waals surface area contributed by atoms with Gasteiger partial charge in [0.2, 0.25) is 0 Å². The van der Waals surface area contributed by atoms with E-state index in [1.807, 2.05) is 25.8 Å². The molecule has 0 radical (unpaired) electrons. The minimum atomic E-state index is 0.0741. The fraction of sp³-hybridized carbons (Fsp3) is 0.643. The predicted octanol–water partition coefficient (Wildman–Crippen LogP) is 1.17. The highest BCUT2D eigenvalue weighted by atomic mass is 16.5. The lowest BCUT2D eigenvalue weighted by atomic mass is 10.0. The average Bonchev–Trinajstić information content (AvgIpc) is 2.52. The number of methoxy groups -OCH3 is 1. The van der Waals surface area contributed by atoms with Crippen molar-refractivity contribution in [2.24, 2.45) is 10.9 Å². The number of nitrogens with two attached hydrogens (primary N) is 1. The van der Waals surface area contributed by atoms with Crippen molar-refractivity contribution in [1.82, 2.24) is 10.2 Å². The van der Waals surface area contributed by atoms with Crippen LogP contribution in [-0.2, 0) is 17.6 Å². The molecule has 1 heterocycles. The first-order valence-electron chi connectivity index (χ1n) is 7.16. The SMILES string of the molecule is CCc1nnc(N(C)CCCOC)c(C(N)=NO)c1CC. The Morgan fingerprint density at radius 2 is 2.05 bits per heavy atom. The van der Waals surface area contributed by atoms with Crippen LogP contribution in [0, 0.1) is 0 Å². The molecule has 0 unspecified atom stereocenters. The zero-order valence-electron chi connectivity index (χ0n) is 13.3. The van der Waals surface area contributed by atoms with E-state index in [2.05, 4.69) is 15.4 Å². The molecular formula is C14H25N5O2. The number of hydrogen-bond acceptors (Lipinski definition) is 6. The van der Waals surface area contributed by atoms with Crippen molar-refractivity contribution in [3.8, 4) is 0 Å². The monoisotopic (exact) mass is 295 g/mol. The number of anilines is 1. The summed E-state index contributed by atoms with van der Waals surface area (Å²) in [5.41, 5.74) is 8.41. The molecule has 3 N–H and O–H groups in total. The third kappa shape index (κ3) is 4.04. The van der Waals surface area contributed by atoms with Gasteiger partial charge in [-0.15, -0.1) is 5.10 Å². The molecule has 7 nitrogen and oxygen atoms in total. The average molecular weight is 295 g/mol. The van der Waals surface area contributed by atoms with Crippen molar-refractivity contribution < 1.29 is 9.94 Å². The third-order valence-electron chi connectivity index (χ3n) is 3.40. The van der Waals surface area contributed by atoms with E-state index in [-0.39, 0.29) is 5.84 Å². The van der Waals surface area contributed by atoms with Crippen molar-refractivity contribution >= 4 is 11.7 Å². The molecule has 0 bridgehead atoms. The van der Waals surface area contributed by atoms with Crippen molar-refractivity contribution in [3.05, 3.63) is 16.8 Å². The van der Waals surface area contributed by atoms with Crippen LogP contribution in [0.2, 0.25) is 0 Å². The van der Waals surface area contributed by atoms with Gasteiger partial charge >= 0.3 is 0 Å². The number of oxime groups is 1. The molecule has 0 spiro atoms. The summed E-state index contributed by atoms with van der Waals surface area (Å²) in [6.07, 6.45) is 2.37. The molecule has 21 heavy (non-hydrogen) atoms. The summed E-state index contributed by atoms with van der Waals surface area (Å²) in [5.74, 6) is 0.709. The van der Waals surface area contributed by atoms with Gasteiger partial charge in [0.25, 0.3) is 0 Å². The summed E-state index contributed by atoms with van der Waals surface area (Å²) in [4.78, 5) is 1.96. The van der Waals surface area contributed by atoms with Gasteiger partial charge in [0, 0.05) is 27.3 Å². The quantitative estimate of drug-likeness (QED) is 0.246. The first-order chi connectivity index (χ1) is 10.1. The lowest BCUT2D eigenvalue weighted by Gasteiger charge is -2.22. The summed E-state index contributed by atoms with van der Waals surface area (Å²) in [6.45, 7) is 5.47. The number of aromatic nitrogens is 2. The van der Waals surface area contributed by atoms with Crippen molar-refractivity contribution in [2.45, 2.75) is 33.1 Å². The van der Waals surface area contributed by atoms with Gasteiger partial charge in [-0.2, -0.15) is 5.10 Å². The molecule has 0 saturated carbocycles. The summed E-state index contributed by atoms with van der Waals surface area (Å²) in [6, 6.07) is 0. The molecule has 1 aromatic rings. The van der Waals surface area contributed by atoms with Gasteiger partial charge in [-0.1, -0.05) is 19.0 Å². The first kappa shape index (κ1) is 17.2. The molecular weight excluding hydrogens is 270 g/mol. The molecule has 0 amide bonds. The van der Waals surface area contributed by atoms with Crippen LogP contribution >= 0.6 is 0 Å². The van der Waals surface area contributed by atoms with Crippen LogP contribution in [0.3, 0.4) is 0 Å². The van der Waals surface area contributed by atoms with Gasteiger partial charge in [0.1, 0.15) is 0 Å². The van der Waals surface area contributed by atoms with E-state index in [1.165, 1.54) is 0 Å². The van der Waals surface area contributed by atoms with Crippen LogP contribution in [0.15, 0.2) is 5.16 Å². The van der Waals surface area contributed by atoms with Crippen LogP contribution in [0.25, 0.3) is 0 Å². The Morgan fingerprint density at radius 3 is 2.57 bits per heavy atom. The highest BCUT2D eigenvalue weighted by Gasteiger charge is 2.20. The van der Waals surface area contributed by atoms with E-state index in [0.29, 0.717) is 18.0 Å². The number of ether oxygens (including phenoxy) is 1. The molecule has 0 atom stereocenters. The molecule has 0 fully saturated rings. The number of hydrogen-bond donors (Lipinski definition) is 2. The standard InChI is InChI=1S/C14H25N5O2/c1-5-10-11(6-2)16-17-14(12(10)13(15)18-20)19(3)8-7-9-21-4/h20H,5-9H2,1-4H3,(H2,15,18). The fourth-order valence-corrected chi connectivity index (χ4v) is 2.30. The molecule has 118 valence electrons. The van der Waals surface area contributed by atoms with Crippen LogP contribution in [0.4, 0.5) is 5.82 Å². The lowest BCUT2D eigenvalue weighted by molar-refractivity contribution is 0.196. The Morgan fingerprint density at radius 1 is 1.33 bits per heavy atom. The smallest absolute Gasteiger partial charge is 0.174 e. The highest BCUT2D eigenvalue weighted by molar-refractivity contribution is 6.02. The van der Waals surface area contributed by atoms with Gasteiger partial charge < -0.3 is 20.6 Å². The second-order valence-electron chi connectivity index (χ2n) is 4.78. The van der Waals surface area contributed by atoms with Crippen LogP contribution < -0.4 is 10.6 Å². The third-order valence-corrected chi connectivity index (χ3v) is 3.40. The molecule has 0 aliphatic heterocycles. The minimum Gasteiger partial charge on any atom is -0.409 e. The molecule has 0 aromatic carbocycles. The molecule has 0 saturated heterocycles. The number of rotatable bonds is 8. The van der Waals surface area contributed by atoms with Crippen molar-refractivity contribution in [2.75, 3.05) is 32.2 Å². The molecule has 0 aliphatic rings. The van der Waals surface area contributed by atoms with E-state index in [1.54, 1.807) is 7.11 Å². The summed E-state index contributed by atoms with van der Waals surface area (Å²) < 4.78 is 5.06. The summed E-state index contributed by atoms with van der Waals surface area (Å²) in [5, 5.41) is 20.8. The van der Waals surface area contributed by atoms with Gasteiger partial charge in [0.05, 0.1) is 11.3 Å². The Balaban J connectivity index is 3.24. The van der Waals surface area contributed by atoms with E-state index in [0.717, 1.165) is 37.1 Å². The largest absolute Gasteiger partial charge is 0.409 e. The Hall–Kier alpha value is -1.89. The maximum Gasteiger partial charge on any atom is 0.174 e. The van der Waals surface area contributed by atoms with Crippen molar-refractivity contribution in [1.29, 1.82) is 0 Å². The van der Waals surface area contributed by atoms with Crippen LogP contribution in [0.5, 0.6) is 0 Å². The molecule has 0 aliphatic carbocycles. The van der Waals surface area contributed by atoms with Gasteiger partial charge in [-0.25, -0.2) is 0 Å². The lowest BCUT2D eigenvalue weighted by Crippen LogP contribution is -2.28. The Bertz CT molecular complexity index is 490. The van der Waals surface area contributed by atoms with Gasteiger partial charge in [-0.05, 0) is 24.8 Å². The van der Waals surface area contributed by atoms with Crippen LogP contribution in [-0.4, -0.2) is 48.5 Å². The fourth-order valence-electron chi connectivity index (χ4n) is 2.30. The minimum absolute atomic E-state index is 0.0741. The van der Waals surface area contributed by atoms with Gasteiger partial charge in [-0.3, -0.25) is 0 Å². The van der Waals surface area contributed by atoms with E-state index < -0.39 is 0 Å². The molecule has 7 heteroatoms. The second-order valence-corrected chi connectivity index (χ2v) is 4.78. The number of nitrogens with zero attached hydrogens (tertiary/aromatic N) is 4. The predicted molar refractivity (Wildman–Crippen MR) is 83.1 cm³/mol. The number of aryl methyl sites for hydroxylation is 1. The first-order valence-corrected chi connectivity index (χ1v) is 7.16. The summed E-state index contributed by atoms with van der Waals surface area (Å²) in [7, 11) is 3.59. The molecule has 1 aromatic heterocycles. The number of amidine groups is 1.